The minimum Gasteiger partial charge on any atom is -0.0622 e. The average Bonchev–Trinajstić information content (AvgIpc) is 3.49. The van der Waals surface area contributed by atoms with Crippen LogP contribution in [0.25, 0.3) is 153 Å². The van der Waals surface area contributed by atoms with Gasteiger partial charge in [-0.2, -0.15) is 0 Å². The molecular formula is C82H54. The summed E-state index contributed by atoms with van der Waals surface area (Å²) in [6, 6.07) is 119. The van der Waals surface area contributed by atoms with Gasteiger partial charge in [-0.1, -0.05) is 309 Å². The Hall–Kier alpha value is -10.7. The van der Waals surface area contributed by atoms with Gasteiger partial charge in [-0.25, -0.2) is 0 Å². The number of rotatable bonds is 7. The van der Waals surface area contributed by atoms with Crippen molar-refractivity contribution < 1.29 is 0 Å². The van der Waals surface area contributed by atoms with E-state index in [1.54, 1.807) is 0 Å². The summed E-state index contributed by atoms with van der Waals surface area (Å²) in [5.41, 5.74) is 17.6. The maximum atomic E-state index is 2.36. The molecule has 0 atom stereocenters. The van der Waals surface area contributed by atoms with E-state index in [0.29, 0.717) is 0 Å². The third kappa shape index (κ3) is 8.66. The van der Waals surface area contributed by atoms with Crippen LogP contribution in [0.4, 0.5) is 0 Å². The summed E-state index contributed by atoms with van der Waals surface area (Å²) in [6.07, 6.45) is 0. The molecule has 0 amide bonds. The Morgan fingerprint density at radius 2 is 0.402 bits per heavy atom. The van der Waals surface area contributed by atoms with E-state index in [1.165, 1.54) is 153 Å². The molecule has 82 heavy (non-hydrogen) atoms. The van der Waals surface area contributed by atoms with Gasteiger partial charge in [-0.15, -0.1) is 0 Å². The van der Waals surface area contributed by atoms with Crippen LogP contribution in [0.5, 0.6) is 0 Å². The summed E-state index contributed by atoms with van der Waals surface area (Å²) >= 11 is 0. The Bertz CT molecular complexity index is 4940. The third-order valence-corrected chi connectivity index (χ3v) is 16.7. The van der Waals surface area contributed by atoms with E-state index in [-0.39, 0.29) is 0 Å². The lowest BCUT2D eigenvalue weighted by Crippen LogP contribution is -1.92. The summed E-state index contributed by atoms with van der Waals surface area (Å²) in [5, 5.41) is 17.8. The first kappa shape index (κ1) is 48.5. The minimum atomic E-state index is 1.23. The molecule has 0 aliphatic heterocycles. The number of hydrogen-bond donors (Lipinski definition) is 0. The lowest BCUT2D eigenvalue weighted by atomic mass is 9.84. The summed E-state index contributed by atoms with van der Waals surface area (Å²) in [7, 11) is 0. The number of hydrogen-bond acceptors (Lipinski definition) is 0. The molecule has 0 nitrogen and oxygen atoms in total. The maximum absolute atomic E-state index is 2.36. The highest BCUT2D eigenvalue weighted by atomic mass is 14.2. The van der Waals surface area contributed by atoms with E-state index < -0.39 is 0 Å². The fourth-order valence-corrected chi connectivity index (χ4v) is 12.9. The maximum Gasteiger partial charge on any atom is -0.00201 e. The zero-order valence-corrected chi connectivity index (χ0v) is 45.2. The van der Waals surface area contributed by atoms with Gasteiger partial charge in [-0.3, -0.25) is 0 Å². The molecule has 16 aromatic rings. The van der Waals surface area contributed by atoms with Crippen LogP contribution >= 0.6 is 0 Å². The fourth-order valence-electron chi connectivity index (χ4n) is 12.9. The second-order valence-electron chi connectivity index (χ2n) is 21.4. The highest BCUT2D eigenvalue weighted by molar-refractivity contribution is 6.25. The molecule has 0 saturated carbocycles. The van der Waals surface area contributed by atoms with Crippen LogP contribution in [0.15, 0.2) is 328 Å². The van der Waals surface area contributed by atoms with Crippen LogP contribution in [0.2, 0.25) is 0 Å². The topological polar surface area (TPSA) is 0 Å². The Morgan fingerprint density at radius 1 is 0.122 bits per heavy atom. The molecule has 0 saturated heterocycles. The normalized spacial score (nSPS) is 11.4. The zero-order chi connectivity index (χ0) is 54.3. The van der Waals surface area contributed by atoms with Gasteiger partial charge in [0.2, 0.25) is 0 Å². The molecule has 0 aliphatic rings. The highest BCUT2D eigenvalue weighted by Crippen LogP contribution is 2.48. The Balaban J connectivity index is 0.000000141. The molecule has 0 aromatic heterocycles. The summed E-state index contributed by atoms with van der Waals surface area (Å²) in [5.74, 6) is 0. The molecule has 0 bridgehead atoms. The Kier molecular flexibility index (Phi) is 12.3. The predicted molar refractivity (Wildman–Crippen MR) is 353 cm³/mol. The SMILES string of the molecule is c1ccc(-c2ccc(-c3c4ccccc4c(-c4cccc5ccc(-c6ccccc6)cc45)c4ccccc34)cc2)cc1.c1ccc(-c2ccc3cccc(-c4c5ccccc5c(-c5ccc6ccccc6c5)c5ccccc45)c3c2)cc1. The average molecular weight is 1040 g/mol. The first-order chi connectivity index (χ1) is 40.7. The van der Waals surface area contributed by atoms with E-state index in [2.05, 4.69) is 328 Å². The van der Waals surface area contributed by atoms with E-state index >= 15 is 0 Å². The molecule has 0 heterocycles. The van der Waals surface area contributed by atoms with Crippen LogP contribution < -0.4 is 0 Å². The third-order valence-electron chi connectivity index (χ3n) is 16.7. The van der Waals surface area contributed by atoms with Crippen molar-refractivity contribution in [2.24, 2.45) is 0 Å². The van der Waals surface area contributed by atoms with Gasteiger partial charge in [0.15, 0.2) is 0 Å². The van der Waals surface area contributed by atoms with E-state index in [9.17, 15) is 0 Å². The first-order valence-electron chi connectivity index (χ1n) is 28.4. The molecule has 0 heteroatoms. The monoisotopic (exact) mass is 1040 g/mol. The van der Waals surface area contributed by atoms with Crippen molar-refractivity contribution in [3.63, 3.8) is 0 Å². The second kappa shape index (κ2) is 20.9. The first-order valence-corrected chi connectivity index (χ1v) is 28.4. The lowest BCUT2D eigenvalue weighted by molar-refractivity contribution is 1.61. The number of fused-ring (bicyclic) bond motifs is 7. The van der Waals surface area contributed by atoms with E-state index in [1.807, 2.05) is 0 Å². The van der Waals surface area contributed by atoms with Gasteiger partial charge in [0.25, 0.3) is 0 Å². The van der Waals surface area contributed by atoms with Crippen LogP contribution in [-0.2, 0) is 0 Å². The van der Waals surface area contributed by atoms with E-state index in [0.717, 1.165) is 0 Å². The Labute approximate surface area is 478 Å². The van der Waals surface area contributed by atoms with Gasteiger partial charge >= 0.3 is 0 Å². The molecular weight excluding hydrogens is 985 g/mol. The molecule has 0 unspecified atom stereocenters. The molecule has 0 radical (unpaired) electrons. The van der Waals surface area contributed by atoms with Crippen molar-refractivity contribution in [3.05, 3.63) is 328 Å². The van der Waals surface area contributed by atoms with Crippen LogP contribution in [0.1, 0.15) is 0 Å². The summed E-state index contributed by atoms with van der Waals surface area (Å²) in [4.78, 5) is 0. The van der Waals surface area contributed by atoms with Crippen molar-refractivity contribution >= 4 is 75.4 Å². The van der Waals surface area contributed by atoms with Gasteiger partial charge in [0.1, 0.15) is 0 Å². The molecule has 0 spiro atoms. The largest absolute Gasteiger partial charge is 0.0622 e. The van der Waals surface area contributed by atoms with Crippen LogP contribution in [0.3, 0.4) is 0 Å². The molecule has 16 aromatic carbocycles. The van der Waals surface area contributed by atoms with Gasteiger partial charge in [0, 0.05) is 0 Å². The standard InChI is InChI=1S/C42H28.C40H26/c1-3-12-29(13-4-1)31-22-25-33(26-23-31)41-35-17-7-9-19-37(35)42(38-20-10-8-18-36(38)41)39-21-11-16-32-24-27-34(28-40(32)39)30-14-5-2-6-15-30;1-2-11-27(12-3-1)31-23-22-29-15-10-20-37(38(29)26-31)40-35-18-8-6-16-33(35)39(34-17-7-9-19-36(34)40)32-24-21-28-13-4-5-14-30(28)25-32/h1-28H;1-26H. The zero-order valence-electron chi connectivity index (χ0n) is 45.2. The summed E-state index contributed by atoms with van der Waals surface area (Å²) in [6.45, 7) is 0. The van der Waals surface area contributed by atoms with Crippen molar-refractivity contribution in [2.75, 3.05) is 0 Å². The van der Waals surface area contributed by atoms with Gasteiger partial charge < -0.3 is 0 Å². The smallest absolute Gasteiger partial charge is 0.00201 e. The molecule has 16 rings (SSSR count). The molecule has 0 fully saturated rings. The van der Waals surface area contributed by atoms with E-state index in [4.69, 9.17) is 0 Å². The van der Waals surface area contributed by atoms with Crippen molar-refractivity contribution in [3.8, 4) is 77.9 Å². The van der Waals surface area contributed by atoms with Gasteiger partial charge in [-0.05, 0) is 171 Å². The molecule has 382 valence electrons. The second-order valence-corrected chi connectivity index (χ2v) is 21.4. The predicted octanol–water partition coefficient (Wildman–Crippen LogP) is 23.1. The van der Waals surface area contributed by atoms with Crippen molar-refractivity contribution in [1.29, 1.82) is 0 Å². The minimum absolute atomic E-state index is 1.23. The fraction of sp³-hybridized carbons (Fsp3) is 0. The Morgan fingerprint density at radius 3 is 0.829 bits per heavy atom. The summed E-state index contributed by atoms with van der Waals surface area (Å²) < 4.78 is 0. The quantitative estimate of drug-likeness (QED) is 0.140. The van der Waals surface area contributed by atoms with Crippen molar-refractivity contribution in [1.82, 2.24) is 0 Å². The van der Waals surface area contributed by atoms with Crippen LogP contribution in [-0.4, -0.2) is 0 Å². The van der Waals surface area contributed by atoms with Gasteiger partial charge in [0.05, 0.1) is 0 Å². The van der Waals surface area contributed by atoms with Crippen molar-refractivity contribution in [2.45, 2.75) is 0 Å². The lowest BCUT2D eigenvalue weighted by Gasteiger charge is -2.19. The molecule has 0 aliphatic carbocycles. The molecule has 0 N–H and O–H groups in total. The number of benzene rings is 16. The van der Waals surface area contributed by atoms with Crippen LogP contribution in [0, 0.1) is 0 Å². The highest BCUT2D eigenvalue weighted by Gasteiger charge is 2.21.